The topological polar surface area (TPSA) is 77.8 Å². The van der Waals surface area contributed by atoms with Crippen molar-refractivity contribution < 1.29 is 19.8 Å². The Hall–Kier alpha value is -1.10. The number of amides is 1. The van der Waals surface area contributed by atoms with Crippen LogP contribution in [0, 0.1) is 5.92 Å². The van der Waals surface area contributed by atoms with Crippen LogP contribution in [-0.2, 0) is 9.59 Å². The Kier molecular flexibility index (Phi) is 3.14. The largest absolute Gasteiger partial charge is 0.480 e. The third-order valence-electron chi connectivity index (χ3n) is 3.61. The first kappa shape index (κ1) is 11.4. The normalized spacial score (nSPS) is 30.9. The van der Waals surface area contributed by atoms with E-state index >= 15 is 0 Å². The summed E-state index contributed by atoms with van der Waals surface area (Å²) in [7, 11) is 0. The molecule has 1 saturated heterocycles. The highest BCUT2D eigenvalue weighted by molar-refractivity contribution is 5.86. The number of nitrogens with zero attached hydrogens (tertiary/aromatic N) is 1. The molecule has 5 heteroatoms. The second-order valence-corrected chi connectivity index (χ2v) is 4.65. The number of rotatable bonds is 2. The summed E-state index contributed by atoms with van der Waals surface area (Å²) < 4.78 is 0. The van der Waals surface area contributed by atoms with Gasteiger partial charge in [-0.3, -0.25) is 4.79 Å². The Morgan fingerprint density at radius 3 is 2.31 bits per heavy atom. The summed E-state index contributed by atoms with van der Waals surface area (Å²) in [4.78, 5) is 24.4. The number of carboxylic acid groups (broad SMARTS) is 1. The zero-order valence-electron chi connectivity index (χ0n) is 9.13. The van der Waals surface area contributed by atoms with E-state index in [1.807, 2.05) is 0 Å². The van der Waals surface area contributed by atoms with E-state index in [9.17, 15) is 14.7 Å². The minimum Gasteiger partial charge on any atom is -0.480 e. The summed E-state index contributed by atoms with van der Waals surface area (Å²) >= 11 is 0. The Balaban J connectivity index is 2.07. The lowest BCUT2D eigenvalue weighted by Gasteiger charge is -2.25. The molecule has 2 fully saturated rings. The van der Waals surface area contributed by atoms with E-state index in [4.69, 9.17) is 5.11 Å². The summed E-state index contributed by atoms with van der Waals surface area (Å²) in [5.74, 6) is -1.20. The Labute approximate surface area is 94.0 Å². The molecule has 2 N–H and O–H groups in total. The number of likely N-dealkylation sites (tertiary alicyclic amines) is 1. The van der Waals surface area contributed by atoms with E-state index in [-0.39, 0.29) is 11.8 Å². The third kappa shape index (κ3) is 1.91. The molecule has 2 unspecified atom stereocenters. The van der Waals surface area contributed by atoms with Gasteiger partial charge in [0, 0.05) is 12.5 Å². The molecule has 0 radical (unpaired) electrons. The number of carboxylic acids is 1. The molecule has 1 saturated carbocycles. The van der Waals surface area contributed by atoms with E-state index in [1.54, 1.807) is 0 Å². The first-order valence-electron chi connectivity index (χ1n) is 5.82. The van der Waals surface area contributed by atoms with Gasteiger partial charge in [0.05, 0.1) is 6.10 Å². The Morgan fingerprint density at radius 1 is 1.12 bits per heavy atom. The maximum atomic E-state index is 12.1. The van der Waals surface area contributed by atoms with Crippen molar-refractivity contribution in [1.82, 2.24) is 4.90 Å². The molecule has 5 nitrogen and oxygen atoms in total. The number of hydrogen-bond donors (Lipinski definition) is 2. The number of hydrogen-bond acceptors (Lipinski definition) is 3. The Bertz CT molecular complexity index is 298. The van der Waals surface area contributed by atoms with Crippen LogP contribution in [0.15, 0.2) is 0 Å². The van der Waals surface area contributed by atoms with Gasteiger partial charge in [0.2, 0.25) is 5.91 Å². The lowest BCUT2D eigenvalue weighted by molar-refractivity contribution is -0.152. The van der Waals surface area contributed by atoms with Crippen LogP contribution in [0.2, 0.25) is 0 Å². The van der Waals surface area contributed by atoms with Crippen LogP contribution in [0.5, 0.6) is 0 Å². The quantitative estimate of drug-likeness (QED) is 0.707. The van der Waals surface area contributed by atoms with Crippen LogP contribution in [0.4, 0.5) is 0 Å². The van der Waals surface area contributed by atoms with Gasteiger partial charge >= 0.3 is 5.97 Å². The van der Waals surface area contributed by atoms with Crippen LogP contribution in [0.1, 0.15) is 32.1 Å². The average Bonchev–Trinajstić information content (AvgIpc) is 2.84. The maximum Gasteiger partial charge on any atom is 0.329 e. The van der Waals surface area contributed by atoms with Gasteiger partial charge in [-0.25, -0.2) is 4.79 Å². The minimum absolute atomic E-state index is 0.0212. The minimum atomic E-state index is -1.10. The van der Waals surface area contributed by atoms with Crippen molar-refractivity contribution >= 4 is 11.9 Å². The zero-order chi connectivity index (χ0) is 11.7. The van der Waals surface area contributed by atoms with Gasteiger partial charge in [-0.1, -0.05) is 12.8 Å². The number of aliphatic hydroxyl groups excluding tert-OH is 1. The standard InChI is InChI=1S/C11H17NO4/c13-8-5-6-12(9(8)11(15)16)10(14)7-3-1-2-4-7/h7-9,13H,1-6H2,(H,15,16). The molecule has 1 aliphatic heterocycles. The zero-order valence-corrected chi connectivity index (χ0v) is 9.13. The molecule has 0 aromatic rings. The second-order valence-electron chi connectivity index (χ2n) is 4.65. The van der Waals surface area contributed by atoms with E-state index in [0.717, 1.165) is 25.7 Å². The van der Waals surface area contributed by atoms with Gasteiger partial charge in [-0.05, 0) is 19.3 Å². The van der Waals surface area contributed by atoms with Gasteiger partial charge in [-0.15, -0.1) is 0 Å². The summed E-state index contributed by atoms with van der Waals surface area (Å²) in [5, 5.41) is 18.5. The SMILES string of the molecule is O=C(O)C1C(O)CCN1C(=O)C1CCCC1. The van der Waals surface area contributed by atoms with Crippen LogP contribution < -0.4 is 0 Å². The van der Waals surface area contributed by atoms with E-state index < -0.39 is 18.1 Å². The van der Waals surface area contributed by atoms with Crippen molar-refractivity contribution in [3.05, 3.63) is 0 Å². The van der Waals surface area contributed by atoms with Gasteiger partial charge in [-0.2, -0.15) is 0 Å². The first-order chi connectivity index (χ1) is 7.61. The molecular formula is C11H17NO4. The van der Waals surface area contributed by atoms with Crippen molar-refractivity contribution in [3.8, 4) is 0 Å². The molecule has 90 valence electrons. The third-order valence-corrected chi connectivity index (χ3v) is 3.61. The number of carbonyl (C=O) groups excluding carboxylic acids is 1. The van der Waals surface area contributed by atoms with Gasteiger partial charge < -0.3 is 15.1 Å². The predicted molar refractivity (Wildman–Crippen MR) is 55.7 cm³/mol. The molecule has 2 atom stereocenters. The monoisotopic (exact) mass is 227 g/mol. The van der Waals surface area contributed by atoms with Crippen molar-refractivity contribution in [1.29, 1.82) is 0 Å². The molecule has 2 aliphatic rings. The van der Waals surface area contributed by atoms with Gasteiger partial charge in [0.15, 0.2) is 6.04 Å². The molecule has 2 rings (SSSR count). The molecule has 0 spiro atoms. The van der Waals surface area contributed by atoms with E-state index in [2.05, 4.69) is 0 Å². The van der Waals surface area contributed by atoms with Crippen LogP contribution in [-0.4, -0.2) is 45.7 Å². The maximum absolute atomic E-state index is 12.1. The summed E-state index contributed by atoms with van der Waals surface area (Å²) in [6.45, 7) is 0.369. The fourth-order valence-electron chi connectivity index (χ4n) is 2.73. The molecule has 1 amide bonds. The molecule has 0 bridgehead atoms. The second kappa shape index (κ2) is 4.41. The summed E-state index contributed by atoms with van der Waals surface area (Å²) in [6.07, 6.45) is 3.27. The van der Waals surface area contributed by atoms with Crippen LogP contribution in [0.3, 0.4) is 0 Å². The van der Waals surface area contributed by atoms with Crippen molar-refractivity contribution in [3.63, 3.8) is 0 Å². The highest BCUT2D eigenvalue weighted by Gasteiger charge is 2.43. The average molecular weight is 227 g/mol. The predicted octanol–water partition coefficient (Wildman–Crippen LogP) is 0.223. The highest BCUT2D eigenvalue weighted by atomic mass is 16.4. The number of aliphatic hydroxyl groups is 1. The molecule has 1 aliphatic carbocycles. The number of aliphatic carboxylic acids is 1. The van der Waals surface area contributed by atoms with Gasteiger partial charge in [0.1, 0.15) is 0 Å². The van der Waals surface area contributed by atoms with Crippen LogP contribution in [0.25, 0.3) is 0 Å². The van der Waals surface area contributed by atoms with E-state index in [0.29, 0.717) is 13.0 Å². The molecule has 0 aromatic heterocycles. The molecule has 1 heterocycles. The number of carbonyl (C=O) groups is 2. The van der Waals surface area contributed by atoms with Crippen molar-refractivity contribution in [2.24, 2.45) is 5.92 Å². The molecule has 0 aromatic carbocycles. The lowest BCUT2D eigenvalue weighted by Crippen LogP contribution is -2.46. The molecule has 16 heavy (non-hydrogen) atoms. The molecular weight excluding hydrogens is 210 g/mol. The fraction of sp³-hybridized carbons (Fsp3) is 0.818. The fourth-order valence-corrected chi connectivity index (χ4v) is 2.73. The van der Waals surface area contributed by atoms with Crippen molar-refractivity contribution in [2.45, 2.75) is 44.2 Å². The smallest absolute Gasteiger partial charge is 0.329 e. The van der Waals surface area contributed by atoms with Gasteiger partial charge in [0.25, 0.3) is 0 Å². The van der Waals surface area contributed by atoms with Crippen LogP contribution >= 0.6 is 0 Å². The first-order valence-corrected chi connectivity index (χ1v) is 5.82. The van der Waals surface area contributed by atoms with E-state index in [1.165, 1.54) is 4.90 Å². The highest BCUT2D eigenvalue weighted by Crippen LogP contribution is 2.29. The summed E-state index contributed by atoms with van der Waals surface area (Å²) in [5.41, 5.74) is 0. The van der Waals surface area contributed by atoms with Crippen molar-refractivity contribution in [2.75, 3.05) is 6.54 Å². The Morgan fingerprint density at radius 2 is 1.75 bits per heavy atom. The summed E-state index contributed by atoms with van der Waals surface area (Å²) in [6, 6.07) is -1.03. The lowest BCUT2D eigenvalue weighted by atomic mass is 10.1.